The minimum absolute atomic E-state index is 0. The fourth-order valence-electron chi connectivity index (χ4n) is 16.5. The molecular weight excluding hydrogens is 2140 g/mol. The third-order valence-electron chi connectivity index (χ3n) is 23.0. The molecule has 0 radical (unpaired) electrons. The summed E-state index contributed by atoms with van der Waals surface area (Å²) < 4.78 is 106. The monoisotopic (exact) mass is 2320 g/mol. The zero-order valence-electron chi connectivity index (χ0n) is 91.4. The molecule has 0 aliphatic heterocycles. The van der Waals surface area contributed by atoms with E-state index in [1.165, 1.54) is 100 Å². The van der Waals surface area contributed by atoms with E-state index in [4.69, 9.17) is 85.4 Å². The van der Waals surface area contributed by atoms with Gasteiger partial charge in [-0.3, -0.25) is 0 Å². The Morgan fingerprint density at radius 3 is 0.551 bits per heavy atom. The van der Waals surface area contributed by atoms with Crippen LogP contribution in [0.2, 0.25) is 36.3 Å². The summed E-state index contributed by atoms with van der Waals surface area (Å²) in [5.41, 5.74) is 28.1. The quantitative estimate of drug-likeness (QED) is 0.0121. The number of hydrogen-bond donors (Lipinski definition) is 4. The van der Waals surface area contributed by atoms with Gasteiger partial charge in [0.05, 0.1) is 0 Å². The van der Waals surface area contributed by atoms with Crippen LogP contribution in [0.5, 0.6) is 0 Å². The van der Waals surface area contributed by atoms with Gasteiger partial charge in [0.1, 0.15) is 0 Å². The Kier molecular flexibility index (Phi) is 74.4. The zero-order valence-corrected chi connectivity index (χ0v) is 103. The highest BCUT2D eigenvalue weighted by Gasteiger charge is 2.44. The minimum Gasteiger partial charge on any atom is -0.374 e. The molecule has 0 bridgehead atoms. The van der Waals surface area contributed by atoms with Crippen LogP contribution in [-0.4, -0.2) is 209 Å². The van der Waals surface area contributed by atoms with Crippen molar-refractivity contribution in [1.82, 2.24) is 10.6 Å². The largest absolute Gasteiger partial charge is 0.500 e. The van der Waals surface area contributed by atoms with Crippen LogP contribution in [0.1, 0.15) is 204 Å². The molecule has 0 heterocycles. The molecule has 0 aromatic heterocycles. The van der Waals surface area contributed by atoms with E-state index in [9.17, 15) is 0 Å². The molecule has 0 aliphatic rings. The van der Waals surface area contributed by atoms with E-state index >= 15 is 0 Å². The number of nitrogens with one attached hydrogen (secondary N) is 2. The van der Waals surface area contributed by atoms with Gasteiger partial charge in [-0.05, 0) is 300 Å². The molecule has 0 atom stereocenters. The Labute approximate surface area is 925 Å². The van der Waals surface area contributed by atoms with Gasteiger partial charge in [0, 0.05) is 190 Å². The maximum Gasteiger partial charge on any atom is 0.500 e. The molecule has 21 nitrogen and oxygen atoms in total. The summed E-state index contributed by atoms with van der Waals surface area (Å²) in [6.07, 6.45) is 5.85. The fraction of sp³-hybridized carbons (Fsp3) is 0.530. The molecule has 4 N–H and O–H groups in total. The van der Waals surface area contributed by atoms with Crippen molar-refractivity contribution >= 4 is 121 Å². The molecule has 0 aliphatic carbocycles. The lowest BCUT2D eigenvalue weighted by Crippen LogP contribution is -2.46. The molecule has 0 spiro atoms. The van der Waals surface area contributed by atoms with Gasteiger partial charge in [-0.2, -0.15) is 36.2 Å². The van der Waals surface area contributed by atoms with Crippen molar-refractivity contribution in [3.63, 3.8) is 0 Å². The summed E-state index contributed by atoms with van der Waals surface area (Å²) in [4.78, 5) is 0. The first-order valence-corrected chi connectivity index (χ1v) is 70.3. The summed E-state index contributed by atoms with van der Waals surface area (Å²) in [5, 5.41) is 8.93. The van der Waals surface area contributed by atoms with Crippen molar-refractivity contribution in [3.05, 3.63) is 252 Å². The van der Waals surface area contributed by atoms with E-state index in [-0.39, 0.29) is 7.43 Å². The van der Waals surface area contributed by atoms with Gasteiger partial charge in [-0.25, -0.2) is 0 Å². The maximum absolute atomic E-state index is 5.99. The molecule has 822 valence electrons. The smallest absolute Gasteiger partial charge is 0.374 e. The van der Waals surface area contributed by atoms with Crippen molar-refractivity contribution in [2.24, 2.45) is 5.73 Å². The van der Waals surface area contributed by atoms with Crippen LogP contribution in [0.4, 0.5) is 0 Å². The highest BCUT2D eigenvalue weighted by atomic mass is 79.9. The van der Waals surface area contributed by atoms with Gasteiger partial charge in [0.15, 0.2) is 0 Å². The van der Waals surface area contributed by atoms with Crippen molar-refractivity contribution in [1.29, 1.82) is 0 Å². The number of thioether (sulfide) groups is 2. The molecule has 9 aromatic rings. The lowest BCUT2D eigenvalue weighted by Gasteiger charge is -2.28. The van der Waals surface area contributed by atoms with Crippen molar-refractivity contribution in [2.45, 2.75) is 242 Å². The number of halogens is 2. The minimum atomic E-state index is -2.57. The van der Waals surface area contributed by atoms with Crippen LogP contribution in [0.15, 0.2) is 218 Å². The van der Waals surface area contributed by atoms with Crippen LogP contribution in [0.3, 0.4) is 0 Å². The average Bonchev–Trinajstić information content (AvgIpc) is 0.832. The molecule has 9 rings (SSSR count). The van der Waals surface area contributed by atoms with Crippen LogP contribution >= 0.6 is 68.0 Å². The molecule has 147 heavy (non-hydrogen) atoms. The molecule has 0 unspecified atom stereocenters. The van der Waals surface area contributed by atoms with Crippen molar-refractivity contribution in [3.8, 4) is 66.8 Å². The fourth-order valence-corrected chi connectivity index (χ4v) is 35.7. The Balaban J connectivity index is 0.000000419. The summed E-state index contributed by atoms with van der Waals surface area (Å²) in [5.74, 6) is 4.97. The maximum atomic E-state index is 5.99. The first-order valence-electron chi connectivity index (χ1n) is 53.6. The Morgan fingerprint density at radius 1 is 0.224 bits per heavy atom. The molecule has 9 aromatic carbocycles. The van der Waals surface area contributed by atoms with Gasteiger partial charge in [0.25, 0.3) is 0 Å². The van der Waals surface area contributed by atoms with Crippen molar-refractivity contribution in [2.75, 3.05) is 156 Å². The third-order valence-corrected chi connectivity index (χ3v) is 45.7. The summed E-state index contributed by atoms with van der Waals surface area (Å²) in [6, 6.07) is 84.6. The lowest BCUT2D eigenvalue weighted by molar-refractivity contribution is 0.0700. The Hall–Kier alpha value is -4.55. The van der Waals surface area contributed by atoms with Gasteiger partial charge < -0.3 is 96.0 Å². The number of nitrogens with two attached hydrogens (primary N) is 1. The number of alkyl halides is 2. The average molecular weight is 2320 g/mol. The second-order valence-corrected chi connectivity index (χ2v) is 53.8. The second kappa shape index (κ2) is 81.1. The van der Waals surface area contributed by atoms with E-state index in [2.05, 4.69) is 274 Å². The van der Waals surface area contributed by atoms with Crippen LogP contribution < -0.4 is 16.4 Å². The zero-order chi connectivity index (χ0) is 106. The van der Waals surface area contributed by atoms with E-state index in [0.717, 1.165) is 140 Å². The number of thiol groups is 1. The Bertz CT molecular complexity index is 4120. The standard InChI is InChI=1S/C38H60N2O6Si2.C38H58O6S2Si2.C20H16Br2.C9H23NO3Si.C9H22O3SSi.CH4/c1-7-41-47(42-8-2,43-9-3)29-13-27-39-31-33-15-19-35(20-16-33)37-23-25-38(26-24-37)36-21-17-34(18-22-36)32-40-28-14-30-48(44-10-4,45-11-5)46-12-6;1-7-39-47(40-8-2,41-9-3)29-13-27-45-31-33-15-19-35(20-16-33)37-23-25-38(26-24-37)36-21-17-34(18-22-36)32-46-28-14-30-48(42-10-4,43-11-5)44-12-6;21-13-15-1-5-17(6-2-15)19-9-11-20(12-10-19)18-7-3-16(14-22)4-8-18;1-4-11-14(12-5-2,13-6-3)9-7-8-10;1-4-10-14(11-5-2,12-6-3)9-7-8-13;/h15-26,39-40H,7-14,27-32H2,1-6H3;15-26H,7-14,27-32H2,1-6H3;1-12H,13-14H2;4-10H2,1-3H3;13H,4-9H2,1-3H3;1H4. The summed E-state index contributed by atoms with van der Waals surface area (Å²) >= 11 is 15.1. The first-order chi connectivity index (χ1) is 71.2. The van der Waals surface area contributed by atoms with E-state index < -0.39 is 52.8 Å². The lowest BCUT2D eigenvalue weighted by atomic mass is 9.99. The van der Waals surface area contributed by atoms with Crippen LogP contribution in [0, 0.1) is 0 Å². The predicted octanol–water partition coefficient (Wildman–Crippen LogP) is 29.6. The normalized spacial score (nSPS) is 11.8. The number of hydrogen-bond acceptors (Lipinski definition) is 24. The summed E-state index contributed by atoms with van der Waals surface area (Å²) in [6.45, 7) is 51.3. The van der Waals surface area contributed by atoms with Gasteiger partial charge in [0.2, 0.25) is 0 Å². The van der Waals surface area contributed by atoms with Gasteiger partial charge in [-0.1, -0.05) is 258 Å². The van der Waals surface area contributed by atoms with E-state index in [0.29, 0.717) is 125 Å². The Morgan fingerprint density at radius 2 is 0.381 bits per heavy atom. The van der Waals surface area contributed by atoms with Crippen LogP contribution in [0.25, 0.3) is 66.8 Å². The third kappa shape index (κ3) is 51.3. The SMILES string of the molecule is BrCc1ccc(-c2ccc(-c3ccc(CBr)cc3)cc2)cc1.C.CCO[Si](CCCN)(OCC)OCC.CCO[Si](CCCNCc1ccc(-c2ccc(-c3ccc(CNCCC[Si](OCC)(OCC)OCC)cc3)cc2)cc1)(OCC)OCC.CCO[Si](CCCS)(OCC)OCC.CCO[Si](CCCSCc1ccc(-c2ccc(-c3ccc(CSCCC[Si](OCC)(OCC)OCC)cc3)cc2)cc1)(OCC)OCC. The second-order valence-electron chi connectivity index (χ2n) is 33.7. The van der Waals surface area contributed by atoms with Crippen LogP contribution in [-0.2, 0) is 115 Å². The highest BCUT2D eigenvalue weighted by Crippen LogP contribution is 2.34. The van der Waals surface area contributed by atoms with E-state index in [1.54, 1.807) is 0 Å². The van der Waals surface area contributed by atoms with Gasteiger partial charge >= 0.3 is 52.8 Å². The first kappa shape index (κ1) is 135. The molecule has 32 heteroatoms. The van der Waals surface area contributed by atoms with E-state index in [1.807, 2.05) is 148 Å². The molecule has 0 saturated carbocycles. The van der Waals surface area contributed by atoms with Crippen molar-refractivity contribution < 1.29 is 79.7 Å². The molecule has 0 amide bonds. The molecular formula is C115H183Br2N3O18S3Si6. The molecule has 0 saturated heterocycles. The van der Waals surface area contributed by atoms with Gasteiger partial charge in [-0.15, -0.1) is 0 Å². The number of benzene rings is 9. The topological polar surface area (TPSA) is 216 Å². The highest BCUT2D eigenvalue weighted by molar-refractivity contribution is 9.08. The molecule has 0 fully saturated rings. The number of rotatable bonds is 74. The summed E-state index contributed by atoms with van der Waals surface area (Å²) in [7, 11) is -15.0. The predicted molar refractivity (Wildman–Crippen MR) is 643 cm³/mol.